The van der Waals surface area contributed by atoms with Gasteiger partial charge in [-0.3, -0.25) is 18.7 Å². The van der Waals surface area contributed by atoms with E-state index in [1.54, 1.807) is 23.8 Å². The van der Waals surface area contributed by atoms with Gasteiger partial charge < -0.3 is 10.1 Å². The Morgan fingerprint density at radius 2 is 1.82 bits per heavy atom. The lowest BCUT2D eigenvalue weighted by Crippen LogP contribution is -2.40. The Kier molecular flexibility index (Phi) is 7.27. The van der Waals surface area contributed by atoms with E-state index in [0.717, 1.165) is 18.4 Å². The fraction of sp³-hybridized carbons (Fsp3) is 0.423. The predicted octanol–water partition coefficient (Wildman–Crippen LogP) is 3.45. The van der Waals surface area contributed by atoms with Gasteiger partial charge in [0, 0.05) is 19.0 Å². The summed E-state index contributed by atoms with van der Waals surface area (Å²) >= 11 is 0. The number of fused-ring (bicyclic) bond motifs is 1. The average molecular weight is 450 g/mol. The number of amides is 1. The molecule has 1 aromatic heterocycles. The highest BCUT2D eigenvalue weighted by molar-refractivity contribution is 5.78. The van der Waals surface area contributed by atoms with Crippen molar-refractivity contribution in [3.63, 3.8) is 0 Å². The molecule has 2 aromatic carbocycles. The Bertz CT molecular complexity index is 1240. The van der Waals surface area contributed by atoms with Crippen LogP contribution in [0.3, 0.4) is 0 Å². The SMILES string of the molecule is COc1cccc(Cn2c(=O)n(CCCCC(=O)NC3CCCC3)c(=O)c3ccccc32)c1. The number of carbonyl (C=O) groups excluding carboxylic acids is 1. The van der Waals surface area contributed by atoms with Crippen molar-refractivity contribution in [3.8, 4) is 5.75 Å². The van der Waals surface area contributed by atoms with Gasteiger partial charge in [-0.2, -0.15) is 0 Å². The first-order valence-electron chi connectivity index (χ1n) is 11.7. The molecule has 1 N–H and O–H groups in total. The number of carbonyl (C=O) groups is 1. The number of rotatable bonds is 9. The summed E-state index contributed by atoms with van der Waals surface area (Å²) in [4.78, 5) is 38.6. The van der Waals surface area contributed by atoms with Crippen molar-refractivity contribution in [2.24, 2.45) is 0 Å². The summed E-state index contributed by atoms with van der Waals surface area (Å²) in [7, 11) is 1.61. The molecule has 0 radical (unpaired) electrons. The summed E-state index contributed by atoms with van der Waals surface area (Å²) in [5.41, 5.74) is 0.905. The number of aromatic nitrogens is 2. The van der Waals surface area contributed by atoms with Gasteiger partial charge >= 0.3 is 5.69 Å². The molecule has 0 unspecified atom stereocenters. The van der Waals surface area contributed by atoms with Crippen LogP contribution in [0.15, 0.2) is 58.1 Å². The van der Waals surface area contributed by atoms with E-state index in [1.807, 2.05) is 36.4 Å². The molecule has 0 saturated heterocycles. The predicted molar refractivity (Wildman–Crippen MR) is 129 cm³/mol. The van der Waals surface area contributed by atoms with Gasteiger partial charge in [0.1, 0.15) is 5.75 Å². The molecule has 0 spiro atoms. The minimum Gasteiger partial charge on any atom is -0.497 e. The van der Waals surface area contributed by atoms with Crippen LogP contribution in [0.4, 0.5) is 0 Å². The molecule has 1 heterocycles. The summed E-state index contributed by atoms with van der Waals surface area (Å²) in [6.07, 6.45) is 6.11. The smallest absolute Gasteiger partial charge is 0.331 e. The number of para-hydroxylation sites is 1. The van der Waals surface area contributed by atoms with Crippen LogP contribution in [0, 0.1) is 0 Å². The van der Waals surface area contributed by atoms with Gasteiger partial charge in [-0.15, -0.1) is 0 Å². The van der Waals surface area contributed by atoms with E-state index in [4.69, 9.17) is 4.74 Å². The van der Waals surface area contributed by atoms with Gasteiger partial charge in [0.2, 0.25) is 5.91 Å². The molecule has 1 aliphatic carbocycles. The zero-order chi connectivity index (χ0) is 23.2. The van der Waals surface area contributed by atoms with Crippen molar-refractivity contribution in [3.05, 3.63) is 74.9 Å². The Morgan fingerprint density at radius 3 is 2.61 bits per heavy atom. The quantitative estimate of drug-likeness (QED) is 0.507. The van der Waals surface area contributed by atoms with E-state index < -0.39 is 0 Å². The minimum absolute atomic E-state index is 0.0585. The molecule has 1 amide bonds. The standard InChI is InChI=1S/C26H31N3O4/c1-33-21-12-8-9-19(17-21)18-29-23-14-5-4-13-22(23)25(31)28(26(29)32)16-7-6-15-24(30)27-20-10-2-3-11-20/h4-5,8-9,12-14,17,20H,2-3,6-7,10-11,15-16,18H2,1H3,(H,27,30). The van der Waals surface area contributed by atoms with Crippen molar-refractivity contribution in [2.75, 3.05) is 7.11 Å². The number of hydrogen-bond donors (Lipinski definition) is 1. The van der Waals surface area contributed by atoms with Crippen LogP contribution < -0.4 is 21.3 Å². The summed E-state index contributed by atoms with van der Waals surface area (Å²) in [5.74, 6) is 0.775. The molecule has 174 valence electrons. The maximum atomic E-state index is 13.3. The van der Waals surface area contributed by atoms with Gasteiger partial charge in [-0.1, -0.05) is 37.1 Å². The zero-order valence-electron chi connectivity index (χ0n) is 19.1. The highest BCUT2D eigenvalue weighted by atomic mass is 16.5. The fourth-order valence-electron chi connectivity index (χ4n) is 4.60. The van der Waals surface area contributed by atoms with Gasteiger partial charge in [-0.25, -0.2) is 4.79 Å². The van der Waals surface area contributed by atoms with Crippen LogP contribution >= 0.6 is 0 Å². The second-order valence-corrected chi connectivity index (χ2v) is 8.70. The second-order valence-electron chi connectivity index (χ2n) is 8.70. The molecule has 0 atom stereocenters. The first-order chi connectivity index (χ1) is 16.1. The van der Waals surface area contributed by atoms with Crippen LogP contribution in [-0.2, 0) is 17.9 Å². The fourth-order valence-corrected chi connectivity index (χ4v) is 4.60. The molecule has 1 saturated carbocycles. The summed E-state index contributed by atoms with van der Waals surface area (Å²) in [5, 5.41) is 3.60. The van der Waals surface area contributed by atoms with E-state index in [1.165, 1.54) is 17.4 Å². The third-order valence-electron chi connectivity index (χ3n) is 6.36. The molecular formula is C26H31N3O4. The molecule has 1 aliphatic rings. The van der Waals surface area contributed by atoms with Crippen molar-refractivity contribution >= 4 is 16.8 Å². The molecule has 7 nitrogen and oxygen atoms in total. The van der Waals surface area contributed by atoms with Crippen molar-refractivity contribution in [2.45, 2.75) is 64.1 Å². The minimum atomic E-state index is -0.336. The highest BCUT2D eigenvalue weighted by Gasteiger charge is 2.17. The van der Waals surface area contributed by atoms with Crippen LogP contribution in [-0.4, -0.2) is 28.2 Å². The van der Waals surface area contributed by atoms with Crippen molar-refractivity contribution in [1.29, 1.82) is 0 Å². The lowest BCUT2D eigenvalue weighted by molar-refractivity contribution is -0.121. The number of nitrogens with zero attached hydrogens (tertiary/aromatic N) is 2. The Morgan fingerprint density at radius 1 is 1.03 bits per heavy atom. The largest absolute Gasteiger partial charge is 0.497 e. The number of nitrogens with one attached hydrogen (secondary N) is 1. The van der Waals surface area contributed by atoms with Crippen molar-refractivity contribution in [1.82, 2.24) is 14.5 Å². The Balaban J connectivity index is 1.52. The number of methoxy groups -OCH3 is 1. The number of ether oxygens (including phenoxy) is 1. The Hall–Kier alpha value is -3.35. The van der Waals surface area contributed by atoms with E-state index in [-0.39, 0.29) is 23.7 Å². The van der Waals surface area contributed by atoms with E-state index in [2.05, 4.69) is 5.32 Å². The van der Waals surface area contributed by atoms with Crippen LogP contribution in [0.1, 0.15) is 50.5 Å². The van der Waals surface area contributed by atoms with Crippen LogP contribution in [0.25, 0.3) is 10.9 Å². The lowest BCUT2D eigenvalue weighted by atomic mass is 10.2. The number of benzene rings is 2. The van der Waals surface area contributed by atoms with Gasteiger partial charge in [0.25, 0.3) is 5.56 Å². The topological polar surface area (TPSA) is 82.3 Å². The summed E-state index contributed by atoms with van der Waals surface area (Å²) in [6.45, 7) is 0.623. The molecule has 0 bridgehead atoms. The maximum Gasteiger partial charge on any atom is 0.331 e. The van der Waals surface area contributed by atoms with Gasteiger partial charge in [0.05, 0.1) is 24.6 Å². The first-order valence-corrected chi connectivity index (χ1v) is 11.7. The molecule has 4 rings (SSSR count). The summed E-state index contributed by atoms with van der Waals surface area (Å²) < 4.78 is 8.24. The first kappa shape index (κ1) is 22.8. The van der Waals surface area contributed by atoms with Crippen LogP contribution in [0.5, 0.6) is 5.75 Å². The Labute approximate surface area is 193 Å². The van der Waals surface area contributed by atoms with E-state index in [0.29, 0.717) is 48.5 Å². The normalized spacial score (nSPS) is 14.0. The van der Waals surface area contributed by atoms with Gasteiger partial charge in [-0.05, 0) is 55.5 Å². The molecule has 33 heavy (non-hydrogen) atoms. The molecule has 0 aliphatic heterocycles. The van der Waals surface area contributed by atoms with E-state index >= 15 is 0 Å². The average Bonchev–Trinajstić information content (AvgIpc) is 3.34. The highest BCUT2D eigenvalue weighted by Crippen LogP contribution is 2.18. The lowest BCUT2D eigenvalue weighted by Gasteiger charge is -2.15. The molecule has 3 aromatic rings. The van der Waals surface area contributed by atoms with Gasteiger partial charge in [0.15, 0.2) is 0 Å². The number of unbranched alkanes of at least 4 members (excludes halogenated alkanes) is 1. The maximum absolute atomic E-state index is 13.3. The van der Waals surface area contributed by atoms with Crippen molar-refractivity contribution < 1.29 is 9.53 Å². The van der Waals surface area contributed by atoms with E-state index in [9.17, 15) is 14.4 Å². The monoisotopic (exact) mass is 449 g/mol. The zero-order valence-corrected chi connectivity index (χ0v) is 19.1. The molecule has 7 heteroatoms. The second kappa shape index (κ2) is 10.5. The third-order valence-corrected chi connectivity index (χ3v) is 6.36. The summed E-state index contributed by atoms with van der Waals surface area (Å²) in [6, 6.07) is 15.1. The number of hydrogen-bond acceptors (Lipinski definition) is 4. The third kappa shape index (κ3) is 5.35. The molecule has 1 fully saturated rings. The van der Waals surface area contributed by atoms with Crippen LogP contribution in [0.2, 0.25) is 0 Å². The molecular weight excluding hydrogens is 418 g/mol.